The van der Waals surface area contributed by atoms with Gasteiger partial charge in [-0.25, -0.2) is 0 Å². The molecule has 1 saturated heterocycles. The van der Waals surface area contributed by atoms with Gasteiger partial charge in [0.15, 0.2) is 0 Å². The molecular formula is C16H20O3. The molecule has 3 nitrogen and oxygen atoms in total. The number of carbonyl (C=O) groups is 2. The quantitative estimate of drug-likeness (QED) is 0.291. The van der Waals surface area contributed by atoms with Gasteiger partial charge in [-0.2, -0.15) is 0 Å². The lowest BCUT2D eigenvalue weighted by Gasteiger charge is -2.35. The third-order valence-corrected chi connectivity index (χ3v) is 6.17. The molecule has 1 heterocycles. The molecule has 0 radical (unpaired) electrons. The highest BCUT2D eigenvalue weighted by molar-refractivity contribution is 5.97. The lowest BCUT2D eigenvalue weighted by Crippen LogP contribution is -2.38. The Morgan fingerprint density at radius 1 is 0.895 bits per heavy atom. The fourth-order valence-corrected chi connectivity index (χ4v) is 5.92. The number of fused-ring (bicyclic) bond motifs is 12. The predicted octanol–water partition coefficient (Wildman–Crippen LogP) is 2.42. The summed E-state index contributed by atoms with van der Waals surface area (Å²) in [5.74, 6) is 2.99. The number of ether oxygens (including phenoxy) is 1. The van der Waals surface area contributed by atoms with Crippen LogP contribution in [-0.4, -0.2) is 11.9 Å². The highest BCUT2D eigenvalue weighted by Gasteiger charge is 2.70. The first-order valence-electron chi connectivity index (χ1n) is 7.69. The van der Waals surface area contributed by atoms with E-state index in [9.17, 15) is 9.59 Å². The van der Waals surface area contributed by atoms with Crippen molar-refractivity contribution in [2.75, 3.05) is 0 Å². The molecule has 0 N–H and O–H groups in total. The van der Waals surface area contributed by atoms with Gasteiger partial charge >= 0.3 is 11.9 Å². The van der Waals surface area contributed by atoms with Crippen LogP contribution >= 0.6 is 0 Å². The van der Waals surface area contributed by atoms with Gasteiger partial charge in [-0.1, -0.05) is 26.0 Å². The highest BCUT2D eigenvalue weighted by atomic mass is 16.6. The van der Waals surface area contributed by atoms with Gasteiger partial charge in [0.2, 0.25) is 0 Å². The molecule has 19 heavy (non-hydrogen) atoms. The van der Waals surface area contributed by atoms with E-state index in [0.717, 1.165) is 6.42 Å². The van der Waals surface area contributed by atoms with Crippen LogP contribution in [0.15, 0.2) is 12.2 Å². The molecule has 4 aliphatic carbocycles. The third-order valence-electron chi connectivity index (χ3n) is 6.17. The highest BCUT2D eigenvalue weighted by Crippen LogP contribution is 2.69. The number of hydrogen-bond acceptors (Lipinski definition) is 3. The van der Waals surface area contributed by atoms with E-state index in [0.29, 0.717) is 35.5 Å². The van der Waals surface area contributed by atoms with Gasteiger partial charge in [-0.3, -0.25) is 9.59 Å². The third kappa shape index (κ3) is 1.20. The van der Waals surface area contributed by atoms with Gasteiger partial charge in [-0.15, -0.1) is 0 Å². The number of rotatable bonds is 0. The summed E-state index contributed by atoms with van der Waals surface area (Å²) in [5.41, 5.74) is 0. The molecule has 0 aromatic heterocycles. The van der Waals surface area contributed by atoms with Crippen LogP contribution < -0.4 is 0 Å². The zero-order valence-electron chi connectivity index (χ0n) is 11.4. The number of hydrogen-bond donors (Lipinski definition) is 0. The van der Waals surface area contributed by atoms with Crippen LogP contribution in [0.5, 0.6) is 0 Å². The summed E-state index contributed by atoms with van der Waals surface area (Å²) in [6.07, 6.45) is 7.07. The molecule has 0 aromatic carbocycles. The van der Waals surface area contributed by atoms with Crippen LogP contribution in [-0.2, 0) is 14.3 Å². The standard InChI is InChI=1S/C14H14O3.C2H6/c15-13-11-7-4-8(12(11)14(16)17-13)10-6-2-1-5(3-6)9(7)10;1-2/h1-2,5-12H,3-4H2;1-2H3. The number of carbonyl (C=O) groups excluding carboxylic acids is 2. The normalized spacial score (nSPS) is 54.8. The van der Waals surface area contributed by atoms with Crippen molar-refractivity contribution in [1.29, 1.82) is 0 Å². The molecule has 0 spiro atoms. The first kappa shape index (κ1) is 11.7. The average molecular weight is 260 g/mol. The van der Waals surface area contributed by atoms with E-state index in [1.54, 1.807) is 0 Å². The molecule has 0 amide bonds. The molecule has 8 unspecified atom stereocenters. The summed E-state index contributed by atoms with van der Waals surface area (Å²) in [7, 11) is 0. The largest absolute Gasteiger partial charge is 0.393 e. The summed E-state index contributed by atoms with van der Waals surface area (Å²) in [4.78, 5) is 23.6. The molecule has 4 fully saturated rings. The van der Waals surface area contributed by atoms with Crippen LogP contribution in [0.1, 0.15) is 26.7 Å². The maximum absolute atomic E-state index is 11.8. The smallest absolute Gasteiger partial charge is 0.317 e. The van der Waals surface area contributed by atoms with Crippen molar-refractivity contribution < 1.29 is 14.3 Å². The Labute approximate surface area is 113 Å². The van der Waals surface area contributed by atoms with Gasteiger partial charge in [0.05, 0.1) is 11.8 Å². The van der Waals surface area contributed by atoms with Gasteiger partial charge in [-0.05, 0) is 48.3 Å². The average Bonchev–Trinajstić information content (AvgIpc) is 3.17. The number of allylic oxidation sites excluding steroid dienone is 2. The minimum absolute atomic E-state index is 0.0819. The number of cyclic esters (lactones) is 2. The van der Waals surface area contributed by atoms with Crippen LogP contribution in [0.3, 0.4) is 0 Å². The van der Waals surface area contributed by atoms with E-state index in [1.165, 1.54) is 6.42 Å². The molecule has 8 atom stereocenters. The molecule has 5 rings (SSSR count). The molecule has 3 saturated carbocycles. The molecule has 0 aromatic rings. The Morgan fingerprint density at radius 2 is 1.37 bits per heavy atom. The summed E-state index contributed by atoms with van der Waals surface area (Å²) < 4.78 is 4.87. The zero-order valence-corrected chi connectivity index (χ0v) is 11.4. The minimum atomic E-state index is -0.224. The van der Waals surface area contributed by atoms with E-state index in [-0.39, 0.29) is 23.8 Å². The second kappa shape index (κ2) is 3.71. The van der Waals surface area contributed by atoms with Crippen LogP contribution in [0.4, 0.5) is 0 Å². The molecule has 5 aliphatic rings. The van der Waals surface area contributed by atoms with Crippen molar-refractivity contribution in [2.24, 2.45) is 47.3 Å². The van der Waals surface area contributed by atoms with Gasteiger partial charge < -0.3 is 4.74 Å². The SMILES string of the molecule is CC.O=C1OC(=O)C2C3CC(C12)C1C2C=CC(C2)C31. The van der Waals surface area contributed by atoms with Crippen LogP contribution in [0.25, 0.3) is 0 Å². The second-order valence-corrected chi connectivity index (χ2v) is 6.46. The molecular weight excluding hydrogens is 240 g/mol. The van der Waals surface area contributed by atoms with E-state index in [4.69, 9.17) is 4.74 Å². The summed E-state index contributed by atoms with van der Waals surface area (Å²) in [5, 5.41) is 0. The zero-order chi connectivity index (χ0) is 13.3. The monoisotopic (exact) mass is 260 g/mol. The van der Waals surface area contributed by atoms with E-state index >= 15 is 0 Å². The Morgan fingerprint density at radius 3 is 1.84 bits per heavy atom. The van der Waals surface area contributed by atoms with Crippen molar-refractivity contribution in [3.63, 3.8) is 0 Å². The first-order valence-corrected chi connectivity index (χ1v) is 7.69. The fourth-order valence-electron chi connectivity index (χ4n) is 5.92. The Bertz CT molecular complexity index is 440. The first-order chi connectivity index (χ1) is 9.25. The van der Waals surface area contributed by atoms with Crippen molar-refractivity contribution in [1.82, 2.24) is 0 Å². The van der Waals surface area contributed by atoms with Crippen molar-refractivity contribution in [3.8, 4) is 0 Å². The van der Waals surface area contributed by atoms with Crippen LogP contribution in [0, 0.1) is 47.3 Å². The molecule has 1 aliphatic heterocycles. The van der Waals surface area contributed by atoms with E-state index < -0.39 is 0 Å². The van der Waals surface area contributed by atoms with Gasteiger partial charge in [0, 0.05) is 0 Å². The summed E-state index contributed by atoms with van der Waals surface area (Å²) >= 11 is 0. The van der Waals surface area contributed by atoms with E-state index in [2.05, 4.69) is 12.2 Å². The lowest BCUT2D eigenvalue weighted by molar-refractivity contribution is -0.154. The molecule has 3 heteroatoms. The van der Waals surface area contributed by atoms with Gasteiger partial charge in [0.25, 0.3) is 0 Å². The second-order valence-electron chi connectivity index (χ2n) is 6.46. The van der Waals surface area contributed by atoms with Gasteiger partial charge in [0.1, 0.15) is 0 Å². The predicted molar refractivity (Wildman–Crippen MR) is 68.7 cm³/mol. The summed E-state index contributed by atoms with van der Waals surface area (Å²) in [6, 6.07) is 0. The van der Waals surface area contributed by atoms with Crippen molar-refractivity contribution in [3.05, 3.63) is 12.2 Å². The number of esters is 2. The Kier molecular flexibility index (Phi) is 2.28. The van der Waals surface area contributed by atoms with Crippen molar-refractivity contribution >= 4 is 11.9 Å². The van der Waals surface area contributed by atoms with Crippen LogP contribution in [0.2, 0.25) is 0 Å². The molecule has 102 valence electrons. The maximum Gasteiger partial charge on any atom is 0.317 e. The minimum Gasteiger partial charge on any atom is -0.393 e. The summed E-state index contributed by atoms with van der Waals surface area (Å²) in [6.45, 7) is 4.00. The van der Waals surface area contributed by atoms with E-state index in [1.807, 2.05) is 13.8 Å². The topological polar surface area (TPSA) is 43.4 Å². The Balaban J connectivity index is 0.000000465. The lowest BCUT2D eigenvalue weighted by atomic mass is 9.65. The van der Waals surface area contributed by atoms with Crippen molar-refractivity contribution in [2.45, 2.75) is 26.7 Å². The maximum atomic E-state index is 11.8. The Hall–Kier alpha value is -1.12. The fraction of sp³-hybridized carbons (Fsp3) is 0.750. The molecule has 4 bridgehead atoms.